The molecule has 0 amide bonds. The molecule has 0 N–H and O–H groups in total. The summed E-state index contributed by atoms with van der Waals surface area (Å²) in [4.78, 5) is 0. The van der Waals surface area contributed by atoms with Crippen LogP contribution in [0.25, 0.3) is 43.4 Å². The first-order valence-corrected chi connectivity index (χ1v) is 8.72. The molecule has 0 heterocycles. The highest BCUT2D eigenvalue weighted by Gasteiger charge is 2.12. The maximum Gasteiger partial charge on any atom is -0.00206 e. The molecule has 25 heavy (non-hydrogen) atoms. The quantitative estimate of drug-likeness (QED) is 0.289. The van der Waals surface area contributed by atoms with Gasteiger partial charge in [0.1, 0.15) is 0 Å². The second kappa shape index (κ2) is 5.46. The fourth-order valence-electron chi connectivity index (χ4n) is 3.97. The van der Waals surface area contributed by atoms with Crippen LogP contribution in [-0.2, 0) is 0 Å². The standard InChI is InChI=1S/C25H18/c1-17-14-15-24(23-13-7-6-10-20(17)23)25-21-11-4-2-8-18(21)16-19-9-3-5-12-22(19)25/h2-16H,1H3. The van der Waals surface area contributed by atoms with Crippen LogP contribution in [0.15, 0.2) is 91.0 Å². The van der Waals surface area contributed by atoms with Gasteiger partial charge < -0.3 is 0 Å². The van der Waals surface area contributed by atoms with Crippen molar-refractivity contribution in [2.75, 3.05) is 0 Å². The van der Waals surface area contributed by atoms with Crippen molar-refractivity contribution in [3.8, 4) is 11.1 Å². The molecule has 5 aromatic carbocycles. The first kappa shape index (κ1) is 14.2. The van der Waals surface area contributed by atoms with E-state index in [0.717, 1.165) is 0 Å². The molecule has 0 fully saturated rings. The van der Waals surface area contributed by atoms with Gasteiger partial charge in [-0.25, -0.2) is 0 Å². The van der Waals surface area contributed by atoms with Crippen molar-refractivity contribution in [2.45, 2.75) is 6.92 Å². The Morgan fingerprint density at radius 1 is 0.480 bits per heavy atom. The summed E-state index contributed by atoms with van der Waals surface area (Å²) in [7, 11) is 0. The lowest BCUT2D eigenvalue weighted by atomic mass is 9.88. The van der Waals surface area contributed by atoms with Crippen LogP contribution in [0, 0.1) is 6.92 Å². The van der Waals surface area contributed by atoms with Crippen LogP contribution in [0.5, 0.6) is 0 Å². The van der Waals surface area contributed by atoms with E-state index in [1.54, 1.807) is 0 Å². The fourth-order valence-corrected chi connectivity index (χ4v) is 3.97. The van der Waals surface area contributed by atoms with Crippen LogP contribution in [-0.4, -0.2) is 0 Å². The molecular formula is C25H18. The highest BCUT2D eigenvalue weighted by atomic mass is 14.2. The number of benzene rings is 5. The Bertz CT molecular complexity index is 1190. The largest absolute Gasteiger partial charge is 0.0616 e. The maximum absolute atomic E-state index is 2.30. The molecule has 5 rings (SSSR count). The fraction of sp³-hybridized carbons (Fsp3) is 0.0400. The number of rotatable bonds is 1. The molecule has 0 aromatic heterocycles. The van der Waals surface area contributed by atoms with Gasteiger partial charge in [-0.05, 0) is 62.0 Å². The van der Waals surface area contributed by atoms with Crippen molar-refractivity contribution < 1.29 is 0 Å². The van der Waals surface area contributed by atoms with E-state index in [4.69, 9.17) is 0 Å². The zero-order valence-corrected chi connectivity index (χ0v) is 14.2. The van der Waals surface area contributed by atoms with E-state index in [0.29, 0.717) is 0 Å². The number of aryl methyl sites for hydroxylation is 1. The van der Waals surface area contributed by atoms with Gasteiger partial charge in [-0.2, -0.15) is 0 Å². The van der Waals surface area contributed by atoms with Crippen LogP contribution in [0.1, 0.15) is 5.56 Å². The smallest absolute Gasteiger partial charge is 0.00206 e. The van der Waals surface area contributed by atoms with E-state index in [9.17, 15) is 0 Å². The van der Waals surface area contributed by atoms with Gasteiger partial charge in [-0.3, -0.25) is 0 Å². The molecule has 0 heteroatoms. The first-order valence-electron chi connectivity index (χ1n) is 8.72. The Hall–Kier alpha value is -3.12. The minimum absolute atomic E-state index is 1.29. The van der Waals surface area contributed by atoms with Gasteiger partial charge in [-0.15, -0.1) is 0 Å². The molecule has 0 saturated heterocycles. The van der Waals surface area contributed by atoms with Crippen LogP contribution >= 0.6 is 0 Å². The summed E-state index contributed by atoms with van der Waals surface area (Å²) in [5, 5.41) is 7.87. The SMILES string of the molecule is Cc1ccc(-c2c3ccccc3cc3ccccc23)c2ccccc12. The van der Waals surface area contributed by atoms with E-state index < -0.39 is 0 Å². The van der Waals surface area contributed by atoms with Gasteiger partial charge >= 0.3 is 0 Å². The van der Waals surface area contributed by atoms with Crippen molar-refractivity contribution in [1.29, 1.82) is 0 Å². The summed E-state index contributed by atoms with van der Waals surface area (Å²) in [5.74, 6) is 0. The summed E-state index contributed by atoms with van der Waals surface area (Å²) in [5.41, 5.74) is 3.97. The van der Waals surface area contributed by atoms with Gasteiger partial charge in [0.15, 0.2) is 0 Å². The first-order chi connectivity index (χ1) is 12.3. The van der Waals surface area contributed by atoms with Crippen molar-refractivity contribution in [1.82, 2.24) is 0 Å². The summed E-state index contributed by atoms with van der Waals surface area (Å²) in [6, 6.07) is 33.0. The molecule has 0 bridgehead atoms. The molecule has 118 valence electrons. The van der Waals surface area contributed by atoms with Crippen LogP contribution in [0.3, 0.4) is 0 Å². The third-order valence-electron chi connectivity index (χ3n) is 5.18. The minimum atomic E-state index is 1.29. The van der Waals surface area contributed by atoms with E-state index in [2.05, 4.69) is 97.9 Å². The molecule has 0 spiro atoms. The summed E-state index contributed by atoms with van der Waals surface area (Å²) < 4.78 is 0. The third-order valence-corrected chi connectivity index (χ3v) is 5.18. The second-order valence-electron chi connectivity index (χ2n) is 6.67. The molecular weight excluding hydrogens is 300 g/mol. The highest BCUT2D eigenvalue weighted by Crippen LogP contribution is 2.40. The van der Waals surface area contributed by atoms with E-state index in [-0.39, 0.29) is 0 Å². The van der Waals surface area contributed by atoms with Crippen LogP contribution in [0.2, 0.25) is 0 Å². The molecule has 0 aliphatic rings. The topological polar surface area (TPSA) is 0 Å². The Kier molecular flexibility index (Phi) is 3.11. The van der Waals surface area contributed by atoms with E-state index in [1.807, 2.05) is 0 Å². The van der Waals surface area contributed by atoms with Gasteiger partial charge in [0, 0.05) is 0 Å². The Balaban J connectivity index is 2.03. The molecule has 0 unspecified atom stereocenters. The van der Waals surface area contributed by atoms with Crippen molar-refractivity contribution >= 4 is 32.3 Å². The molecule has 0 saturated carbocycles. The minimum Gasteiger partial charge on any atom is -0.0616 e. The normalized spacial score (nSPS) is 11.4. The van der Waals surface area contributed by atoms with E-state index >= 15 is 0 Å². The van der Waals surface area contributed by atoms with Crippen molar-refractivity contribution in [3.63, 3.8) is 0 Å². The second-order valence-corrected chi connectivity index (χ2v) is 6.67. The summed E-state index contributed by atoms with van der Waals surface area (Å²) >= 11 is 0. The molecule has 0 aliphatic heterocycles. The van der Waals surface area contributed by atoms with Crippen molar-refractivity contribution in [3.05, 3.63) is 96.6 Å². The zero-order valence-electron chi connectivity index (χ0n) is 14.2. The molecule has 0 radical (unpaired) electrons. The zero-order chi connectivity index (χ0) is 16.8. The van der Waals surface area contributed by atoms with Gasteiger partial charge in [0.25, 0.3) is 0 Å². The average molecular weight is 318 g/mol. The van der Waals surface area contributed by atoms with Gasteiger partial charge in [0.2, 0.25) is 0 Å². The monoisotopic (exact) mass is 318 g/mol. The predicted octanol–water partition coefficient (Wildman–Crippen LogP) is 7.12. The van der Waals surface area contributed by atoms with E-state index in [1.165, 1.54) is 49.0 Å². The lowest BCUT2D eigenvalue weighted by molar-refractivity contribution is 1.53. The lowest BCUT2D eigenvalue weighted by Crippen LogP contribution is -1.88. The Labute approximate surface area is 147 Å². The lowest BCUT2D eigenvalue weighted by Gasteiger charge is -2.15. The Morgan fingerprint density at radius 3 is 1.64 bits per heavy atom. The number of hydrogen-bond acceptors (Lipinski definition) is 0. The molecule has 0 aliphatic carbocycles. The molecule has 0 nitrogen and oxygen atoms in total. The highest BCUT2D eigenvalue weighted by molar-refractivity contribution is 6.16. The van der Waals surface area contributed by atoms with Crippen molar-refractivity contribution in [2.24, 2.45) is 0 Å². The number of fused-ring (bicyclic) bond motifs is 3. The third kappa shape index (κ3) is 2.15. The summed E-state index contributed by atoms with van der Waals surface area (Å²) in [6.07, 6.45) is 0. The van der Waals surface area contributed by atoms with Crippen LogP contribution in [0.4, 0.5) is 0 Å². The molecule has 0 atom stereocenters. The van der Waals surface area contributed by atoms with Gasteiger partial charge in [-0.1, -0.05) is 84.9 Å². The van der Waals surface area contributed by atoms with Gasteiger partial charge in [0.05, 0.1) is 0 Å². The predicted molar refractivity (Wildman–Crippen MR) is 109 cm³/mol. The Morgan fingerprint density at radius 2 is 1.00 bits per heavy atom. The molecule has 5 aromatic rings. The summed E-state index contributed by atoms with van der Waals surface area (Å²) in [6.45, 7) is 2.19. The number of hydrogen-bond donors (Lipinski definition) is 0. The maximum atomic E-state index is 2.30. The average Bonchev–Trinajstić information content (AvgIpc) is 2.67. The van der Waals surface area contributed by atoms with Crippen LogP contribution < -0.4 is 0 Å².